The second-order valence-electron chi connectivity index (χ2n) is 4.13. The predicted molar refractivity (Wildman–Crippen MR) is 81.0 cm³/mol. The minimum atomic E-state index is -0.991. The van der Waals surface area contributed by atoms with Crippen LogP contribution in [-0.2, 0) is 10.5 Å². The molecule has 3 nitrogen and oxygen atoms in total. The van der Waals surface area contributed by atoms with Crippen molar-refractivity contribution in [3.8, 4) is 11.5 Å². The van der Waals surface area contributed by atoms with E-state index < -0.39 is 11.8 Å². The van der Waals surface area contributed by atoms with Crippen molar-refractivity contribution in [2.24, 2.45) is 0 Å². The van der Waals surface area contributed by atoms with E-state index in [0.29, 0.717) is 11.5 Å². The van der Waals surface area contributed by atoms with Crippen LogP contribution in [0.2, 0.25) is 0 Å². The molecule has 21 heavy (non-hydrogen) atoms. The number of rotatable bonds is 6. The van der Waals surface area contributed by atoms with Crippen molar-refractivity contribution in [3.05, 3.63) is 71.4 Å². The van der Waals surface area contributed by atoms with E-state index in [1.807, 2.05) is 18.2 Å². The number of aliphatic carboxylic acids is 1. The molecule has 0 bridgehead atoms. The second-order valence-corrected chi connectivity index (χ2v) is 5.03. The molecule has 0 fully saturated rings. The van der Waals surface area contributed by atoms with Crippen LogP contribution in [0.25, 0.3) is 0 Å². The molecule has 0 amide bonds. The highest BCUT2D eigenvalue weighted by molar-refractivity contribution is 8.01. The Kier molecular flexibility index (Phi) is 5.40. The van der Waals surface area contributed by atoms with Crippen LogP contribution in [0.5, 0.6) is 11.5 Å². The Hall–Kier alpha value is -2.27. The van der Waals surface area contributed by atoms with Gasteiger partial charge in [0.1, 0.15) is 5.75 Å². The average molecular weight is 304 g/mol. The smallest absolute Gasteiger partial charge is 0.328 e. The van der Waals surface area contributed by atoms with Crippen LogP contribution >= 0.6 is 11.8 Å². The van der Waals surface area contributed by atoms with Crippen LogP contribution in [0.1, 0.15) is 5.56 Å². The quantitative estimate of drug-likeness (QED) is 0.801. The highest BCUT2D eigenvalue weighted by Gasteiger charge is 2.06. The molecule has 0 atom stereocenters. The monoisotopic (exact) mass is 304 g/mol. The van der Waals surface area contributed by atoms with Gasteiger partial charge in [-0.05, 0) is 35.2 Å². The number of carboxylic acids is 1. The Bertz CT molecular complexity index is 641. The van der Waals surface area contributed by atoms with Gasteiger partial charge in [0.05, 0.1) is 0 Å². The number of hydrogen-bond donors (Lipinski definition) is 1. The molecule has 0 aliphatic carbocycles. The van der Waals surface area contributed by atoms with E-state index in [-0.39, 0.29) is 5.75 Å². The van der Waals surface area contributed by atoms with E-state index in [0.717, 1.165) is 11.6 Å². The van der Waals surface area contributed by atoms with Gasteiger partial charge >= 0.3 is 5.97 Å². The summed E-state index contributed by atoms with van der Waals surface area (Å²) < 4.78 is 19.2. The van der Waals surface area contributed by atoms with Gasteiger partial charge in [-0.3, -0.25) is 0 Å². The highest BCUT2D eigenvalue weighted by Crippen LogP contribution is 2.27. The van der Waals surface area contributed by atoms with Gasteiger partial charge in [0.25, 0.3) is 0 Å². The Morgan fingerprint density at radius 2 is 2.00 bits per heavy atom. The van der Waals surface area contributed by atoms with E-state index in [9.17, 15) is 9.18 Å². The normalized spacial score (nSPS) is 10.7. The van der Waals surface area contributed by atoms with Gasteiger partial charge in [-0.2, -0.15) is 0 Å². The fourth-order valence-corrected chi connectivity index (χ4v) is 2.26. The van der Waals surface area contributed by atoms with Gasteiger partial charge in [-0.15, -0.1) is 11.8 Å². The van der Waals surface area contributed by atoms with Crippen molar-refractivity contribution in [2.75, 3.05) is 0 Å². The summed E-state index contributed by atoms with van der Waals surface area (Å²) in [6.45, 7) is 0. The molecular weight excluding hydrogens is 291 g/mol. The van der Waals surface area contributed by atoms with Crippen LogP contribution in [0, 0.1) is 5.82 Å². The number of hydrogen-bond acceptors (Lipinski definition) is 3. The molecule has 0 radical (unpaired) electrons. The summed E-state index contributed by atoms with van der Waals surface area (Å²) in [5, 5.41) is 9.98. The van der Waals surface area contributed by atoms with Crippen molar-refractivity contribution in [1.29, 1.82) is 0 Å². The zero-order valence-corrected chi connectivity index (χ0v) is 11.8. The lowest BCUT2D eigenvalue weighted by molar-refractivity contribution is -0.131. The third-order valence-electron chi connectivity index (χ3n) is 2.52. The molecule has 108 valence electrons. The molecule has 2 aromatic carbocycles. The van der Waals surface area contributed by atoms with E-state index in [1.165, 1.54) is 23.2 Å². The van der Waals surface area contributed by atoms with Gasteiger partial charge in [-0.1, -0.05) is 24.3 Å². The summed E-state index contributed by atoms with van der Waals surface area (Å²) in [6.07, 6.45) is 1.07. The molecule has 0 heterocycles. The lowest BCUT2D eigenvalue weighted by Crippen LogP contribution is -1.90. The number of carboxylic acid groups (broad SMARTS) is 1. The first-order valence-electron chi connectivity index (χ1n) is 6.17. The summed E-state index contributed by atoms with van der Waals surface area (Å²) in [6, 6.07) is 13.6. The second kappa shape index (κ2) is 7.50. The summed E-state index contributed by atoms with van der Waals surface area (Å²) in [5.41, 5.74) is 0.849. The zero-order valence-electron chi connectivity index (χ0n) is 11.0. The number of carbonyl (C=O) groups is 1. The lowest BCUT2D eigenvalue weighted by Gasteiger charge is -2.08. The molecular formula is C16H13FO3S. The molecule has 0 saturated heterocycles. The fourth-order valence-electron chi connectivity index (χ4n) is 1.58. The van der Waals surface area contributed by atoms with Gasteiger partial charge in [0.2, 0.25) is 0 Å². The summed E-state index contributed by atoms with van der Waals surface area (Å²) >= 11 is 1.32. The number of benzene rings is 2. The van der Waals surface area contributed by atoms with E-state index in [2.05, 4.69) is 0 Å². The van der Waals surface area contributed by atoms with Crippen LogP contribution in [-0.4, -0.2) is 11.1 Å². The first kappa shape index (κ1) is 15.1. The van der Waals surface area contributed by atoms with Gasteiger partial charge in [0.15, 0.2) is 11.6 Å². The topological polar surface area (TPSA) is 46.5 Å². The standard InChI is InChI=1S/C16H13FO3S/c17-14-7-6-12(11-21-9-8-16(18)19)10-15(14)20-13-4-2-1-3-5-13/h1-10H,11H2,(H,18,19)/b9-8-. The van der Waals surface area contributed by atoms with Crippen LogP contribution < -0.4 is 4.74 Å². The van der Waals surface area contributed by atoms with E-state index in [1.54, 1.807) is 24.3 Å². The van der Waals surface area contributed by atoms with Crippen molar-refractivity contribution >= 4 is 17.7 Å². The molecule has 1 N–H and O–H groups in total. The Balaban J connectivity index is 2.05. The molecule has 0 saturated carbocycles. The van der Waals surface area contributed by atoms with Crippen LogP contribution in [0.3, 0.4) is 0 Å². The Morgan fingerprint density at radius 3 is 2.71 bits per heavy atom. The minimum Gasteiger partial charge on any atom is -0.478 e. The van der Waals surface area contributed by atoms with Crippen LogP contribution in [0.15, 0.2) is 60.0 Å². The lowest BCUT2D eigenvalue weighted by atomic mass is 10.2. The highest BCUT2D eigenvalue weighted by atomic mass is 32.2. The predicted octanol–water partition coefficient (Wildman–Crippen LogP) is 4.45. The van der Waals surface area contributed by atoms with Crippen molar-refractivity contribution < 1.29 is 19.0 Å². The molecule has 2 rings (SSSR count). The first-order chi connectivity index (χ1) is 10.1. The largest absolute Gasteiger partial charge is 0.478 e. The number of para-hydroxylation sites is 1. The first-order valence-corrected chi connectivity index (χ1v) is 7.22. The summed E-state index contributed by atoms with van der Waals surface area (Å²) in [5.74, 6) is -0.174. The van der Waals surface area contributed by atoms with E-state index >= 15 is 0 Å². The third kappa shape index (κ3) is 4.96. The van der Waals surface area contributed by atoms with Gasteiger partial charge in [-0.25, -0.2) is 9.18 Å². The maximum atomic E-state index is 13.7. The third-order valence-corrected chi connectivity index (χ3v) is 3.35. The summed E-state index contributed by atoms with van der Waals surface area (Å²) in [7, 11) is 0. The molecule has 0 aliphatic heterocycles. The van der Waals surface area contributed by atoms with Crippen molar-refractivity contribution in [1.82, 2.24) is 0 Å². The number of thioether (sulfide) groups is 1. The average Bonchev–Trinajstić information content (AvgIpc) is 2.48. The van der Waals surface area contributed by atoms with E-state index in [4.69, 9.17) is 9.84 Å². The molecule has 0 aliphatic rings. The summed E-state index contributed by atoms with van der Waals surface area (Å²) in [4.78, 5) is 10.3. The zero-order chi connectivity index (χ0) is 15.1. The Morgan fingerprint density at radius 1 is 1.24 bits per heavy atom. The molecule has 2 aromatic rings. The number of halogens is 1. The molecule has 0 unspecified atom stereocenters. The van der Waals surface area contributed by atoms with Gasteiger partial charge < -0.3 is 9.84 Å². The maximum Gasteiger partial charge on any atom is 0.328 e. The SMILES string of the molecule is O=C(O)/C=C\SCc1ccc(F)c(Oc2ccccc2)c1. The van der Waals surface area contributed by atoms with Gasteiger partial charge in [0, 0.05) is 11.8 Å². The minimum absolute atomic E-state index is 0.154. The molecule has 0 spiro atoms. The molecule has 0 aromatic heterocycles. The van der Waals surface area contributed by atoms with Crippen LogP contribution in [0.4, 0.5) is 4.39 Å². The molecule has 5 heteroatoms. The Labute approximate surface area is 126 Å². The number of ether oxygens (including phenoxy) is 1. The van der Waals surface area contributed by atoms with Crippen molar-refractivity contribution in [2.45, 2.75) is 5.75 Å². The maximum absolute atomic E-state index is 13.7. The van der Waals surface area contributed by atoms with Crippen molar-refractivity contribution in [3.63, 3.8) is 0 Å². The fraction of sp³-hybridized carbons (Fsp3) is 0.0625.